The Morgan fingerprint density at radius 1 is 1.23 bits per heavy atom. The minimum atomic E-state index is 0.120. The Labute approximate surface area is 79.6 Å². The Bertz CT molecular complexity index is 230. The lowest BCUT2D eigenvalue weighted by atomic mass is 10.2. The summed E-state index contributed by atoms with van der Waals surface area (Å²) in [6.45, 7) is 3.32. The van der Waals surface area contributed by atoms with Gasteiger partial charge in [0.2, 0.25) is 0 Å². The summed E-state index contributed by atoms with van der Waals surface area (Å²) in [6.07, 6.45) is 2.41. The standard InChI is InChI=1S/C11H17NO/c1-2-3-8-12-11-6-4-10(9-13)5-7-11/h4-7,12-13H,2-3,8-9H2,1H3. The van der Waals surface area contributed by atoms with Crippen molar-refractivity contribution < 1.29 is 5.11 Å². The second-order valence-corrected chi connectivity index (χ2v) is 3.14. The van der Waals surface area contributed by atoms with E-state index in [9.17, 15) is 0 Å². The van der Waals surface area contributed by atoms with Crippen LogP contribution in [0.1, 0.15) is 25.3 Å². The lowest BCUT2D eigenvalue weighted by Gasteiger charge is -2.05. The summed E-state index contributed by atoms with van der Waals surface area (Å²) in [5.74, 6) is 0. The highest BCUT2D eigenvalue weighted by Crippen LogP contribution is 2.09. The van der Waals surface area contributed by atoms with Gasteiger partial charge in [0.25, 0.3) is 0 Å². The zero-order valence-corrected chi connectivity index (χ0v) is 8.09. The molecule has 0 radical (unpaired) electrons. The van der Waals surface area contributed by atoms with Crippen molar-refractivity contribution >= 4 is 5.69 Å². The van der Waals surface area contributed by atoms with E-state index >= 15 is 0 Å². The highest BCUT2D eigenvalue weighted by molar-refractivity contribution is 5.44. The van der Waals surface area contributed by atoms with Gasteiger partial charge in [-0.2, -0.15) is 0 Å². The van der Waals surface area contributed by atoms with E-state index in [0.29, 0.717) is 0 Å². The van der Waals surface area contributed by atoms with Crippen molar-refractivity contribution in [2.24, 2.45) is 0 Å². The molecule has 2 heteroatoms. The van der Waals surface area contributed by atoms with Gasteiger partial charge in [-0.1, -0.05) is 25.5 Å². The number of hydrogen-bond donors (Lipinski definition) is 2. The Morgan fingerprint density at radius 2 is 1.92 bits per heavy atom. The molecule has 72 valence electrons. The van der Waals surface area contributed by atoms with Crippen LogP contribution in [-0.4, -0.2) is 11.7 Å². The fourth-order valence-corrected chi connectivity index (χ4v) is 1.14. The van der Waals surface area contributed by atoms with Gasteiger partial charge in [-0.15, -0.1) is 0 Å². The first-order valence-electron chi connectivity index (χ1n) is 4.80. The van der Waals surface area contributed by atoms with E-state index in [1.165, 1.54) is 12.8 Å². The highest BCUT2D eigenvalue weighted by atomic mass is 16.3. The van der Waals surface area contributed by atoms with Gasteiger partial charge in [0, 0.05) is 12.2 Å². The molecular formula is C11H17NO. The molecule has 0 aliphatic heterocycles. The van der Waals surface area contributed by atoms with E-state index in [0.717, 1.165) is 17.8 Å². The number of unbranched alkanes of at least 4 members (excludes halogenated alkanes) is 1. The zero-order chi connectivity index (χ0) is 9.52. The molecule has 0 spiro atoms. The van der Waals surface area contributed by atoms with Gasteiger partial charge in [-0.05, 0) is 24.1 Å². The van der Waals surface area contributed by atoms with Crippen LogP contribution in [0.3, 0.4) is 0 Å². The van der Waals surface area contributed by atoms with Crippen molar-refractivity contribution in [2.45, 2.75) is 26.4 Å². The fraction of sp³-hybridized carbons (Fsp3) is 0.455. The van der Waals surface area contributed by atoms with E-state index in [1.807, 2.05) is 24.3 Å². The maximum Gasteiger partial charge on any atom is 0.0681 e. The molecule has 0 unspecified atom stereocenters. The predicted molar refractivity (Wildman–Crippen MR) is 55.8 cm³/mol. The normalized spacial score (nSPS) is 10.0. The number of aliphatic hydroxyl groups is 1. The monoisotopic (exact) mass is 179 g/mol. The number of benzene rings is 1. The van der Waals surface area contributed by atoms with Gasteiger partial charge >= 0.3 is 0 Å². The smallest absolute Gasteiger partial charge is 0.0681 e. The molecular weight excluding hydrogens is 162 g/mol. The molecule has 0 aliphatic carbocycles. The van der Waals surface area contributed by atoms with E-state index in [-0.39, 0.29) is 6.61 Å². The summed E-state index contributed by atoms with van der Waals surface area (Å²) < 4.78 is 0. The fourth-order valence-electron chi connectivity index (χ4n) is 1.14. The number of nitrogens with one attached hydrogen (secondary N) is 1. The first-order valence-corrected chi connectivity index (χ1v) is 4.80. The third-order valence-corrected chi connectivity index (χ3v) is 2.00. The first kappa shape index (κ1) is 10.1. The SMILES string of the molecule is CCCCNc1ccc(CO)cc1. The number of aliphatic hydroxyl groups excluding tert-OH is 1. The summed E-state index contributed by atoms with van der Waals surface area (Å²) >= 11 is 0. The van der Waals surface area contributed by atoms with E-state index < -0.39 is 0 Å². The number of hydrogen-bond acceptors (Lipinski definition) is 2. The van der Waals surface area contributed by atoms with Crippen LogP contribution >= 0.6 is 0 Å². The van der Waals surface area contributed by atoms with Gasteiger partial charge in [-0.3, -0.25) is 0 Å². The Kier molecular flexibility index (Phi) is 4.33. The molecule has 0 aromatic heterocycles. The average molecular weight is 179 g/mol. The molecule has 0 atom stereocenters. The van der Waals surface area contributed by atoms with E-state index in [2.05, 4.69) is 12.2 Å². The summed E-state index contributed by atoms with van der Waals surface area (Å²) in [7, 11) is 0. The maximum absolute atomic E-state index is 8.82. The molecule has 0 bridgehead atoms. The van der Waals surface area contributed by atoms with E-state index in [4.69, 9.17) is 5.11 Å². The molecule has 2 nitrogen and oxygen atoms in total. The molecule has 2 N–H and O–H groups in total. The van der Waals surface area contributed by atoms with Crippen molar-refractivity contribution in [1.82, 2.24) is 0 Å². The van der Waals surface area contributed by atoms with Crippen LogP contribution in [0.4, 0.5) is 5.69 Å². The van der Waals surface area contributed by atoms with E-state index in [1.54, 1.807) is 0 Å². The number of rotatable bonds is 5. The first-order chi connectivity index (χ1) is 6.36. The van der Waals surface area contributed by atoms with Crippen LogP contribution < -0.4 is 5.32 Å². The zero-order valence-electron chi connectivity index (χ0n) is 8.09. The molecule has 13 heavy (non-hydrogen) atoms. The molecule has 1 rings (SSSR count). The van der Waals surface area contributed by atoms with Gasteiger partial charge in [-0.25, -0.2) is 0 Å². The lowest BCUT2D eigenvalue weighted by Crippen LogP contribution is -2.00. The third-order valence-electron chi connectivity index (χ3n) is 2.00. The summed E-state index contributed by atoms with van der Waals surface area (Å²) in [4.78, 5) is 0. The Balaban J connectivity index is 2.40. The molecule has 0 amide bonds. The van der Waals surface area contributed by atoms with Crippen molar-refractivity contribution in [3.05, 3.63) is 29.8 Å². The van der Waals surface area contributed by atoms with Crippen LogP contribution in [0.5, 0.6) is 0 Å². The summed E-state index contributed by atoms with van der Waals surface area (Å²) in [5.41, 5.74) is 2.09. The minimum Gasteiger partial charge on any atom is -0.392 e. The van der Waals surface area contributed by atoms with Crippen molar-refractivity contribution in [3.8, 4) is 0 Å². The molecule has 0 fully saturated rings. The van der Waals surface area contributed by atoms with Gasteiger partial charge < -0.3 is 10.4 Å². The molecule has 0 heterocycles. The molecule has 0 saturated heterocycles. The Hall–Kier alpha value is -1.02. The second-order valence-electron chi connectivity index (χ2n) is 3.14. The predicted octanol–water partition coefficient (Wildman–Crippen LogP) is 2.39. The molecule has 0 aliphatic rings. The summed E-state index contributed by atoms with van der Waals surface area (Å²) in [6, 6.07) is 7.88. The van der Waals surface area contributed by atoms with Crippen LogP contribution in [0.15, 0.2) is 24.3 Å². The van der Waals surface area contributed by atoms with Crippen molar-refractivity contribution in [3.63, 3.8) is 0 Å². The topological polar surface area (TPSA) is 32.3 Å². The average Bonchev–Trinajstić information content (AvgIpc) is 2.19. The van der Waals surface area contributed by atoms with Crippen LogP contribution in [0, 0.1) is 0 Å². The third kappa shape index (κ3) is 3.47. The van der Waals surface area contributed by atoms with Crippen LogP contribution in [-0.2, 0) is 6.61 Å². The number of anilines is 1. The maximum atomic E-state index is 8.82. The van der Waals surface area contributed by atoms with Gasteiger partial charge in [0.15, 0.2) is 0 Å². The molecule has 1 aromatic carbocycles. The highest BCUT2D eigenvalue weighted by Gasteiger charge is 1.91. The van der Waals surface area contributed by atoms with Crippen LogP contribution in [0.25, 0.3) is 0 Å². The van der Waals surface area contributed by atoms with Crippen molar-refractivity contribution in [2.75, 3.05) is 11.9 Å². The minimum absolute atomic E-state index is 0.120. The largest absolute Gasteiger partial charge is 0.392 e. The quantitative estimate of drug-likeness (QED) is 0.680. The second kappa shape index (κ2) is 5.60. The van der Waals surface area contributed by atoms with Crippen molar-refractivity contribution in [1.29, 1.82) is 0 Å². The molecule has 1 aromatic rings. The van der Waals surface area contributed by atoms with Gasteiger partial charge in [0.05, 0.1) is 6.61 Å². The molecule has 0 saturated carbocycles. The summed E-state index contributed by atoms with van der Waals surface area (Å²) in [5, 5.41) is 12.1. The Morgan fingerprint density at radius 3 is 2.46 bits per heavy atom. The van der Waals surface area contributed by atoms with Gasteiger partial charge in [0.1, 0.15) is 0 Å². The lowest BCUT2D eigenvalue weighted by molar-refractivity contribution is 0.282. The van der Waals surface area contributed by atoms with Crippen LogP contribution in [0.2, 0.25) is 0 Å².